The van der Waals surface area contributed by atoms with E-state index in [1.807, 2.05) is 13.8 Å². The van der Waals surface area contributed by atoms with Gasteiger partial charge in [-0.25, -0.2) is 0 Å². The molecule has 3 fully saturated rings. The van der Waals surface area contributed by atoms with Crippen molar-refractivity contribution in [3.63, 3.8) is 0 Å². The van der Waals surface area contributed by atoms with E-state index in [4.69, 9.17) is 37.8 Å². The molecule has 0 saturated carbocycles. The van der Waals surface area contributed by atoms with Crippen LogP contribution in [0.4, 0.5) is 0 Å². The number of carbonyl (C=O) groups is 17. The highest BCUT2D eigenvalue weighted by Crippen LogP contribution is 2.31. The summed E-state index contributed by atoms with van der Waals surface area (Å²) in [4.78, 5) is 261. The third-order valence-corrected chi connectivity index (χ3v) is 25.1. The number of thioether (sulfide) groups is 1. The molecule has 5 aromatic rings. The van der Waals surface area contributed by atoms with Gasteiger partial charge in [0.05, 0.1) is 45.6 Å². The highest BCUT2D eigenvalue weighted by Gasteiger charge is 2.47. The van der Waals surface area contributed by atoms with Crippen LogP contribution in [0.3, 0.4) is 0 Å². The summed E-state index contributed by atoms with van der Waals surface area (Å²) in [5.74, 6) is -17.5. The van der Waals surface area contributed by atoms with Crippen molar-refractivity contribution in [1.82, 2.24) is 93.0 Å². The normalized spacial score (nSPS) is 24.7. The molecule has 135 heavy (non-hydrogen) atoms. The van der Waals surface area contributed by atoms with E-state index < -0.39 is 248 Å². The Kier molecular flexibility index (Phi) is 40.8. The number of hydrogen-bond acceptors (Lipinski definition) is 24. The molecule has 8 rings (SSSR count). The van der Waals surface area contributed by atoms with Crippen LogP contribution in [-0.2, 0) is 101 Å². The molecule has 0 aliphatic carbocycles. The molecule has 2 aromatic heterocycles. The number of primary amides is 2. The second kappa shape index (κ2) is 51.3. The number of aliphatic hydroxyl groups excluding tert-OH is 2. The van der Waals surface area contributed by atoms with E-state index in [9.17, 15) is 53.4 Å². The molecule has 45 heteroatoms. The first-order chi connectivity index (χ1) is 64.3. The SMILES string of the molecule is CCCC[C@H]1C(=O)N(C)[C@@H](CCCC)C(=O)N[C@@H](CCCNC(=N)N)C(=O)N[C@H](C(=O)NCC(N)=O)CSCC(=O)N[C@@H](Cc2ccc(OC)c(OC)c2)C(=O)N(C)[C@@H](C)C(=O)N[C@@H](CC(N)=O)C(=O)N2CCC[C@H]2C(=O)N[C@@H](CN)C(=O)N[C@@H](CC(C)C)C(=O)N2C[C@H](O)C[C@H]2C(=O)N[C@@H](Cc2c[nH]c3ccccc23)C(=O)N[C@@H](CO)C(=O)N[C@@H](Cc2c[nH]c3ccccc23)C(=O)N1C. The van der Waals surface area contributed by atoms with Crippen LogP contribution in [0.25, 0.3) is 21.8 Å². The molecule has 3 saturated heterocycles. The first kappa shape index (κ1) is 107. The van der Waals surface area contributed by atoms with E-state index in [-0.39, 0.29) is 89.0 Å². The van der Waals surface area contributed by atoms with Crippen LogP contribution in [0, 0.1) is 11.3 Å². The van der Waals surface area contributed by atoms with Gasteiger partial charge in [0.15, 0.2) is 17.5 Å². The lowest BCUT2D eigenvalue weighted by molar-refractivity contribution is -0.149. The van der Waals surface area contributed by atoms with E-state index >= 15 is 38.4 Å². The highest BCUT2D eigenvalue weighted by molar-refractivity contribution is 8.00. The second-order valence-corrected chi connectivity index (χ2v) is 35.5. The first-order valence-corrected chi connectivity index (χ1v) is 46.4. The predicted molar refractivity (Wildman–Crippen MR) is 498 cm³/mol. The van der Waals surface area contributed by atoms with Gasteiger partial charge in [-0.3, -0.25) is 86.9 Å². The summed E-state index contributed by atoms with van der Waals surface area (Å²) in [6, 6.07) is -3.26. The van der Waals surface area contributed by atoms with Crippen molar-refractivity contribution in [2.45, 2.75) is 228 Å². The number of guanidine groups is 1. The zero-order chi connectivity index (χ0) is 99.2. The molecule has 0 spiro atoms. The lowest BCUT2D eigenvalue weighted by atomic mass is 10.00. The lowest BCUT2D eigenvalue weighted by Crippen LogP contribution is -2.62. The average molecular weight is 1900 g/mol. The maximum Gasteiger partial charge on any atom is 0.246 e. The van der Waals surface area contributed by atoms with Crippen molar-refractivity contribution in [3.8, 4) is 11.5 Å². The largest absolute Gasteiger partial charge is 0.493 e. The van der Waals surface area contributed by atoms with Gasteiger partial charge >= 0.3 is 0 Å². The van der Waals surface area contributed by atoms with Crippen molar-refractivity contribution in [2.24, 2.45) is 28.9 Å². The molecule has 3 aromatic carbocycles. The van der Waals surface area contributed by atoms with Crippen molar-refractivity contribution in [2.75, 3.05) is 86.2 Å². The maximum atomic E-state index is 15.7. The minimum Gasteiger partial charge on any atom is -0.493 e. The van der Waals surface area contributed by atoms with Crippen molar-refractivity contribution in [1.29, 1.82) is 5.41 Å². The number of likely N-dealkylation sites (N-methyl/N-ethyl adjacent to an activating group) is 3. The number of fused-ring (bicyclic) bond motifs is 4. The Hall–Kier alpha value is -13.2. The number of H-pyrrole nitrogens is 2. The summed E-state index contributed by atoms with van der Waals surface area (Å²) in [6.07, 6.45) is 1.25. The number of aromatic amines is 2. The van der Waals surface area contributed by atoms with Gasteiger partial charge < -0.3 is 136 Å². The number of aliphatic hydroxyl groups is 2. The van der Waals surface area contributed by atoms with Crippen LogP contribution < -0.4 is 90.9 Å². The second-order valence-electron chi connectivity index (χ2n) is 34.5. The number of nitrogens with zero attached hydrogens (tertiary/aromatic N) is 5. The summed E-state index contributed by atoms with van der Waals surface area (Å²) in [7, 11) is 6.67. The molecule has 3 aliphatic rings. The molecule has 3 aliphatic heterocycles. The Bertz CT molecular complexity index is 5070. The number of benzene rings is 3. The van der Waals surface area contributed by atoms with E-state index in [2.05, 4.69) is 68.5 Å². The third kappa shape index (κ3) is 29.7. The molecule has 0 bridgehead atoms. The molecule has 17 amide bonds. The number of unbranched alkanes of at least 4 members (excludes halogenated alkanes) is 2. The van der Waals surface area contributed by atoms with Crippen LogP contribution >= 0.6 is 11.8 Å². The zero-order valence-corrected chi connectivity index (χ0v) is 78.6. The quantitative estimate of drug-likeness (QED) is 0.0137. The minimum atomic E-state index is -1.89. The molecular formula is C90H131N23O21S. The number of aromatic nitrogens is 2. The van der Waals surface area contributed by atoms with Crippen LogP contribution in [0.15, 0.2) is 79.1 Å². The topological polar surface area (TPSA) is 657 Å². The van der Waals surface area contributed by atoms with Gasteiger partial charge in [-0.1, -0.05) is 95.8 Å². The maximum absolute atomic E-state index is 15.7. The van der Waals surface area contributed by atoms with Crippen molar-refractivity contribution < 1.29 is 101 Å². The summed E-state index contributed by atoms with van der Waals surface area (Å²) >= 11 is 0.764. The van der Waals surface area contributed by atoms with Crippen LogP contribution in [0.2, 0.25) is 0 Å². The van der Waals surface area contributed by atoms with Crippen LogP contribution in [-0.4, -0.2) is 328 Å². The molecular weight excluding hydrogens is 1770 g/mol. The van der Waals surface area contributed by atoms with E-state index in [1.54, 1.807) is 80.8 Å². The number of nitrogens with one attached hydrogen (secondary N) is 14. The number of amides is 17. The van der Waals surface area contributed by atoms with Gasteiger partial charge in [0.2, 0.25) is 100 Å². The number of nitrogens with two attached hydrogens (primary N) is 4. The van der Waals surface area contributed by atoms with Crippen LogP contribution in [0.1, 0.15) is 135 Å². The molecule has 0 radical (unpaired) electrons. The Morgan fingerprint density at radius 1 is 0.556 bits per heavy atom. The number of para-hydroxylation sites is 2. The monoisotopic (exact) mass is 1900 g/mol. The molecule has 15 atom stereocenters. The van der Waals surface area contributed by atoms with Gasteiger partial charge in [-0.15, -0.1) is 11.8 Å². The summed E-state index contributed by atoms with van der Waals surface area (Å²) < 4.78 is 11.0. The number of rotatable bonds is 27. The average Bonchev–Trinajstić information content (AvgIpc) is 1.63. The number of ether oxygens (including phenoxy) is 2. The summed E-state index contributed by atoms with van der Waals surface area (Å²) in [6.45, 7) is 5.39. The number of methoxy groups -OCH3 is 2. The zero-order valence-electron chi connectivity index (χ0n) is 77.8. The minimum absolute atomic E-state index is 0.0121. The first-order valence-electron chi connectivity index (χ1n) is 45.2. The molecule has 738 valence electrons. The Morgan fingerprint density at radius 3 is 1.69 bits per heavy atom. The Balaban J connectivity index is 1.20. The lowest BCUT2D eigenvalue weighted by Gasteiger charge is -2.36. The van der Waals surface area contributed by atoms with Gasteiger partial charge in [-0.2, -0.15) is 0 Å². The van der Waals surface area contributed by atoms with Gasteiger partial charge in [0.1, 0.15) is 84.6 Å². The van der Waals surface area contributed by atoms with Gasteiger partial charge in [0, 0.05) is 113 Å². The van der Waals surface area contributed by atoms with E-state index in [0.717, 1.165) is 36.3 Å². The van der Waals surface area contributed by atoms with Gasteiger partial charge in [0.25, 0.3) is 0 Å². The molecule has 24 N–H and O–H groups in total. The fourth-order valence-corrected chi connectivity index (χ4v) is 17.4. The summed E-state index contributed by atoms with van der Waals surface area (Å²) in [5, 5.41) is 60.5. The van der Waals surface area contributed by atoms with Crippen LogP contribution in [0.5, 0.6) is 11.5 Å². The van der Waals surface area contributed by atoms with E-state index in [1.165, 1.54) is 54.4 Å². The van der Waals surface area contributed by atoms with Gasteiger partial charge in [-0.05, 0) is 98.7 Å². The number of hydrogen-bond donors (Lipinski definition) is 20. The number of carbonyl (C=O) groups excluding carboxylic acids is 17. The molecule has 44 nitrogen and oxygen atoms in total. The smallest absolute Gasteiger partial charge is 0.246 e. The third-order valence-electron chi connectivity index (χ3n) is 24.1. The highest BCUT2D eigenvalue weighted by atomic mass is 32.2. The standard InChI is InChI=1S/C90H131N23O21S/c1-11-13-26-67-82(125)101-58(25-19-31-96-90(94)95)78(121)108-66(77(120)99-43-74(93)117)46-135-47-75(118)100-61(34-50-29-30-71(133-9)72(35-50)134-10)85(128)109(6)49(5)76(119)103-63(39-73(92)116)87(130)112-32-20-28-68(112)83(126)106-64(40-91)80(123)104-60(33-48(3)4)88(131)113-44-53(115)38-70(113)84(127)102-59(36-51-41-97-56-23-17-15-21-54(51)56)79(122)107-65(45-114)81(124)105-62(37-52-42-98-57-24-18-16-22-55(52)57)86(129)111(8)69(27-14-12-2)89(132)110(67)7/h15-18,21-24,29-30,35,41-42,48-49,53,58-70,97-98,114-115H,11-14,19-20,25-28,31-34,36-40,43-47,91H2,1-10H3,(H2,92,116)(H2,93,117)(H,99,120)(H,100,118)(H,101,125)(H,102,127)(H,103,119)(H,104,123)(H,105,124)(H,106,126)(H,107,122)(H,108,121)(H4,94,95,96)/t49-,53+,58-,59-,60-,61-,62-,63-,64-,65-,66-,67-,68-,69-,70-/m0/s1. The predicted octanol–water partition coefficient (Wildman–Crippen LogP) is -3.62. The van der Waals surface area contributed by atoms with Crippen molar-refractivity contribution >= 4 is 140 Å². The Labute approximate surface area is 786 Å². The fourth-order valence-electron chi connectivity index (χ4n) is 16.6. The fraction of sp³-hybridized carbons (Fsp3) is 0.556. The Morgan fingerprint density at radius 2 is 1.09 bits per heavy atom. The molecule has 5 heterocycles. The summed E-state index contributed by atoms with van der Waals surface area (Å²) in [5.41, 5.74) is 25.6. The molecule has 0 unspecified atom stereocenters. The van der Waals surface area contributed by atoms with E-state index in [0.29, 0.717) is 69.9 Å². The van der Waals surface area contributed by atoms with Crippen molar-refractivity contribution in [3.05, 3.63) is 95.8 Å².